The van der Waals surface area contributed by atoms with Crippen LogP contribution in [0.1, 0.15) is 36.7 Å². The molecular formula is C19H20F5N5O. The third-order valence-electron chi connectivity index (χ3n) is 4.71. The highest BCUT2D eigenvalue weighted by molar-refractivity contribution is 5.78. The SMILES string of the molecule is CC(C)[C@@H](c1ccc(C(F)(F)F)c(F)c1)n1nc(CF)c2c(=O)[nH]c(N(C)C)nc21. The first-order valence-electron chi connectivity index (χ1n) is 9.07. The first kappa shape index (κ1) is 21.7. The van der Waals surface area contributed by atoms with Gasteiger partial charge in [0.05, 0.1) is 11.6 Å². The Morgan fingerprint density at radius 3 is 2.40 bits per heavy atom. The highest BCUT2D eigenvalue weighted by atomic mass is 19.4. The van der Waals surface area contributed by atoms with E-state index >= 15 is 0 Å². The van der Waals surface area contributed by atoms with Crippen molar-refractivity contribution in [3.8, 4) is 0 Å². The van der Waals surface area contributed by atoms with E-state index in [1.54, 1.807) is 27.9 Å². The molecular weight excluding hydrogens is 409 g/mol. The number of nitrogens with one attached hydrogen (secondary N) is 1. The van der Waals surface area contributed by atoms with E-state index < -0.39 is 35.8 Å². The van der Waals surface area contributed by atoms with Crippen LogP contribution in [0.3, 0.4) is 0 Å². The molecule has 0 bridgehead atoms. The molecule has 1 N–H and O–H groups in total. The Morgan fingerprint density at radius 2 is 1.90 bits per heavy atom. The summed E-state index contributed by atoms with van der Waals surface area (Å²) in [6.07, 6.45) is -4.83. The molecule has 3 aromatic rings. The molecule has 0 aliphatic rings. The molecule has 0 saturated heterocycles. The van der Waals surface area contributed by atoms with Crippen LogP contribution in [0, 0.1) is 11.7 Å². The number of alkyl halides is 4. The maximum absolute atomic E-state index is 14.2. The molecule has 11 heteroatoms. The quantitative estimate of drug-likeness (QED) is 0.622. The number of hydrogen-bond acceptors (Lipinski definition) is 4. The number of aromatic nitrogens is 4. The van der Waals surface area contributed by atoms with Crippen molar-refractivity contribution in [1.82, 2.24) is 19.7 Å². The van der Waals surface area contributed by atoms with Gasteiger partial charge in [-0.2, -0.15) is 23.3 Å². The number of anilines is 1. The number of halogens is 5. The van der Waals surface area contributed by atoms with Gasteiger partial charge < -0.3 is 4.90 Å². The van der Waals surface area contributed by atoms with Gasteiger partial charge >= 0.3 is 6.18 Å². The van der Waals surface area contributed by atoms with Crippen LogP contribution in [0.15, 0.2) is 23.0 Å². The Morgan fingerprint density at radius 1 is 1.23 bits per heavy atom. The lowest BCUT2D eigenvalue weighted by Gasteiger charge is -2.23. The van der Waals surface area contributed by atoms with Gasteiger partial charge in [-0.3, -0.25) is 9.78 Å². The first-order valence-corrected chi connectivity index (χ1v) is 9.07. The maximum atomic E-state index is 14.2. The average Bonchev–Trinajstić information content (AvgIpc) is 2.99. The molecule has 0 aliphatic carbocycles. The third kappa shape index (κ3) is 3.75. The van der Waals surface area contributed by atoms with Gasteiger partial charge in [-0.1, -0.05) is 19.9 Å². The van der Waals surface area contributed by atoms with Crippen molar-refractivity contribution < 1.29 is 22.0 Å². The van der Waals surface area contributed by atoms with Crippen LogP contribution in [0.2, 0.25) is 0 Å². The fourth-order valence-electron chi connectivity index (χ4n) is 3.36. The standard InChI is InChI=1S/C19H20F5N5O/c1-9(2)15(10-5-6-11(12(21)7-10)19(22,23)24)29-16-14(13(8-20)27-29)17(30)26-18(25-16)28(3)4/h5-7,9,15H,8H2,1-4H3,(H,25,26,30)/t15-/m0/s1. The molecule has 1 aromatic carbocycles. The lowest BCUT2D eigenvalue weighted by atomic mass is 9.95. The summed E-state index contributed by atoms with van der Waals surface area (Å²) in [5, 5.41) is 4.11. The van der Waals surface area contributed by atoms with Crippen LogP contribution in [0.5, 0.6) is 0 Å². The van der Waals surface area contributed by atoms with Gasteiger partial charge in [-0.05, 0) is 23.6 Å². The second-order valence-electron chi connectivity index (χ2n) is 7.43. The minimum Gasteiger partial charge on any atom is -0.348 e. The Kier molecular flexibility index (Phi) is 5.57. The molecule has 0 radical (unpaired) electrons. The number of H-pyrrole nitrogens is 1. The highest BCUT2D eigenvalue weighted by Crippen LogP contribution is 2.35. The van der Waals surface area contributed by atoms with Crippen molar-refractivity contribution in [1.29, 1.82) is 0 Å². The van der Waals surface area contributed by atoms with Gasteiger partial charge in [0.2, 0.25) is 5.95 Å². The number of rotatable bonds is 5. The summed E-state index contributed by atoms with van der Waals surface area (Å²) in [4.78, 5) is 20.9. The Bertz CT molecular complexity index is 1130. The predicted molar refractivity (Wildman–Crippen MR) is 102 cm³/mol. The summed E-state index contributed by atoms with van der Waals surface area (Å²) in [6.45, 7) is 2.47. The fraction of sp³-hybridized carbons (Fsp3) is 0.421. The van der Waals surface area contributed by atoms with Crippen molar-refractivity contribution >= 4 is 17.0 Å². The lowest BCUT2D eigenvalue weighted by molar-refractivity contribution is -0.140. The van der Waals surface area contributed by atoms with Crippen LogP contribution in [-0.4, -0.2) is 33.8 Å². The minimum atomic E-state index is -4.83. The number of hydrogen-bond donors (Lipinski definition) is 1. The zero-order valence-corrected chi connectivity index (χ0v) is 16.7. The molecule has 1 atom stereocenters. The van der Waals surface area contributed by atoms with Crippen molar-refractivity contribution in [2.45, 2.75) is 32.7 Å². The smallest absolute Gasteiger partial charge is 0.348 e. The van der Waals surface area contributed by atoms with Crippen molar-refractivity contribution in [2.24, 2.45) is 5.92 Å². The second kappa shape index (κ2) is 7.69. The lowest BCUT2D eigenvalue weighted by Crippen LogP contribution is -2.22. The van der Waals surface area contributed by atoms with E-state index in [1.807, 2.05) is 0 Å². The molecule has 162 valence electrons. The van der Waals surface area contributed by atoms with Gasteiger partial charge in [-0.25, -0.2) is 13.5 Å². The molecule has 2 aromatic heterocycles. The Balaban J connectivity index is 2.27. The van der Waals surface area contributed by atoms with Gasteiger partial charge in [-0.15, -0.1) is 0 Å². The summed E-state index contributed by atoms with van der Waals surface area (Å²) in [7, 11) is 3.29. The maximum Gasteiger partial charge on any atom is 0.419 e. The number of benzene rings is 1. The molecule has 0 unspecified atom stereocenters. The highest BCUT2D eigenvalue weighted by Gasteiger charge is 2.35. The summed E-state index contributed by atoms with van der Waals surface area (Å²) < 4.78 is 67.9. The van der Waals surface area contributed by atoms with E-state index in [0.29, 0.717) is 6.07 Å². The van der Waals surface area contributed by atoms with E-state index in [2.05, 4.69) is 15.1 Å². The predicted octanol–water partition coefficient (Wildman–Crippen LogP) is 4.06. The van der Waals surface area contributed by atoms with Crippen molar-refractivity contribution in [3.05, 3.63) is 51.2 Å². The first-order chi connectivity index (χ1) is 14.0. The van der Waals surface area contributed by atoms with E-state index in [0.717, 1.165) is 12.1 Å². The molecule has 0 saturated carbocycles. The number of fused-ring (bicyclic) bond motifs is 1. The Hall–Kier alpha value is -2.98. The van der Waals surface area contributed by atoms with Crippen molar-refractivity contribution in [2.75, 3.05) is 19.0 Å². The van der Waals surface area contributed by atoms with Gasteiger partial charge in [0.15, 0.2) is 5.65 Å². The zero-order chi connectivity index (χ0) is 22.4. The third-order valence-corrected chi connectivity index (χ3v) is 4.71. The molecule has 2 heterocycles. The van der Waals surface area contributed by atoms with E-state index in [9.17, 15) is 26.7 Å². The van der Waals surface area contributed by atoms with Gasteiger partial charge in [0, 0.05) is 14.1 Å². The molecule has 0 amide bonds. The summed E-state index contributed by atoms with van der Waals surface area (Å²) in [5.41, 5.74) is -1.87. The van der Waals surface area contributed by atoms with Crippen LogP contribution >= 0.6 is 0 Å². The van der Waals surface area contributed by atoms with E-state index in [-0.39, 0.29) is 34.2 Å². The Labute approximate surface area is 168 Å². The van der Waals surface area contributed by atoms with Crippen LogP contribution < -0.4 is 10.5 Å². The molecule has 30 heavy (non-hydrogen) atoms. The summed E-state index contributed by atoms with van der Waals surface area (Å²) >= 11 is 0. The van der Waals surface area contributed by atoms with Gasteiger partial charge in [0.25, 0.3) is 5.56 Å². The molecule has 3 rings (SSSR count). The zero-order valence-electron chi connectivity index (χ0n) is 16.7. The van der Waals surface area contributed by atoms with E-state index in [4.69, 9.17) is 0 Å². The minimum absolute atomic E-state index is 0.0545. The van der Waals surface area contributed by atoms with Gasteiger partial charge in [0.1, 0.15) is 23.6 Å². The molecule has 6 nitrogen and oxygen atoms in total. The fourth-order valence-corrected chi connectivity index (χ4v) is 3.36. The monoisotopic (exact) mass is 429 g/mol. The topological polar surface area (TPSA) is 66.8 Å². The number of aromatic amines is 1. The summed E-state index contributed by atoms with van der Waals surface area (Å²) in [5.74, 6) is -1.52. The van der Waals surface area contributed by atoms with E-state index in [1.165, 1.54) is 9.58 Å². The summed E-state index contributed by atoms with van der Waals surface area (Å²) in [6, 6.07) is 1.82. The molecule has 0 fully saturated rings. The largest absolute Gasteiger partial charge is 0.419 e. The molecule has 0 spiro atoms. The molecule has 0 aliphatic heterocycles. The van der Waals surface area contributed by atoms with Crippen molar-refractivity contribution in [3.63, 3.8) is 0 Å². The van der Waals surface area contributed by atoms with Crippen LogP contribution in [0.4, 0.5) is 27.9 Å². The number of nitrogens with zero attached hydrogens (tertiary/aromatic N) is 4. The second-order valence-corrected chi connectivity index (χ2v) is 7.43. The average molecular weight is 429 g/mol. The van der Waals surface area contributed by atoms with Crippen LogP contribution in [0.25, 0.3) is 11.0 Å². The van der Waals surface area contributed by atoms with Crippen LogP contribution in [-0.2, 0) is 12.9 Å². The normalized spacial score (nSPS) is 13.3.